The van der Waals surface area contributed by atoms with Crippen molar-refractivity contribution in [3.8, 4) is 0 Å². The highest BCUT2D eigenvalue weighted by atomic mass is 19.3. The van der Waals surface area contributed by atoms with E-state index >= 15 is 0 Å². The van der Waals surface area contributed by atoms with Crippen LogP contribution in [0.15, 0.2) is 0 Å². The van der Waals surface area contributed by atoms with Crippen molar-refractivity contribution >= 4 is 0 Å². The summed E-state index contributed by atoms with van der Waals surface area (Å²) in [6.45, 7) is 0.733. The highest BCUT2D eigenvalue weighted by Gasteiger charge is 2.03. The van der Waals surface area contributed by atoms with Gasteiger partial charge in [0.25, 0.3) is 6.43 Å². The van der Waals surface area contributed by atoms with Gasteiger partial charge in [0.05, 0.1) is 19.3 Å². The molecule has 4 nitrogen and oxygen atoms in total. The van der Waals surface area contributed by atoms with Crippen LogP contribution in [0.25, 0.3) is 0 Å². The van der Waals surface area contributed by atoms with Gasteiger partial charge < -0.3 is 19.9 Å². The maximum Gasteiger partial charge on any atom is 0.261 e. The molecule has 86 valence electrons. The third-order valence-electron chi connectivity index (χ3n) is 1.41. The lowest BCUT2D eigenvalue weighted by Gasteiger charge is -2.10. The Labute approximate surface area is 82.2 Å². The molecule has 0 saturated heterocycles. The van der Waals surface area contributed by atoms with Crippen molar-refractivity contribution in [3.05, 3.63) is 0 Å². The van der Waals surface area contributed by atoms with Crippen LogP contribution >= 0.6 is 0 Å². The molecule has 0 radical (unpaired) electrons. The molecule has 0 aromatic carbocycles. The van der Waals surface area contributed by atoms with Gasteiger partial charge in [0.2, 0.25) is 0 Å². The third-order valence-corrected chi connectivity index (χ3v) is 1.41. The predicted molar refractivity (Wildman–Crippen MR) is 47.6 cm³/mol. The van der Waals surface area contributed by atoms with Crippen molar-refractivity contribution in [1.29, 1.82) is 0 Å². The maximum atomic E-state index is 11.6. The molecule has 0 amide bonds. The molecular weight excluding hydrogens is 196 g/mol. The summed E-state index contributed by atoms with van der Waals surface area (Å²) in [4.78, 5) is 0. The van der Waals surface area contributed by atoms with E-state index in [0.29, 0.717) is 13.1 Å². The lowest BCUT2D eigenvalue weighted by Crippen LogP contribution is -2.32. The van der Waals surface area contributed by atoms with E-state index in [2.05, 4.69) is 10.1 Å². The van der Waals surface area contributed by atoms with Gasteiger partial charge in [-0.2, -0.15) is 0 Å². The molecule has 0 aromatic rings. The van der Waals surface area contributed by atoms with Crippen LogP contribution < -0.4 is 5.32 Å². The number of nitrogens with one attached hydrogen (secondary N) is 1. The zero-order valence-electron chi connectivity index (χ0n) is 8.21. The second-order valence-corrected chi connectivity index (χ2v) is 2.78. The molecule has 0 fully saturated rings. The summed E-state index contributed by atoms with van der Waals surface area (Å²) < 4.78 is 32.4. The van der Waals surface area contributed by atoms with Gasteiger partial charge in [-0.25, -0.2) is 8.78 Å². The Morgan fingerprint density at radius 2 is 2.07 bits per heavy atom. The minimum absolute atomic E-state index is 0.212. The normalized spacial score (nSPS) is 13.5. The highest BCUT2D eigenvalue weighted by molar-refractivity contribution is 4.57. The van der Waals surface area contributed by atoms with E-state index in [1.165, 1.54) is 7.11 Å². The first-order valence-corrected chi connectivity index (χ1v) is 4.40. The Morgan fingerprint density at radius 1 is 1.36 bits per heavy atom. The molecule has 14 heavy (non-hydrogen) atoms. The number of rotatable bonds is 9. The molecule has 0 saturated carbocycles. The van der Waals surface area contributed by atoms with Gasteiger partial charge in [-0.15, -0.1) is 0 Å². The van der Waals surface area contributed by atoms with Gasteiger partial charge in [0.15, 0.2) is 0 Å². The van der Waals surface area contributed by atoms with Gasteiger partial charge >= 0.3 is 0 Å². The first kappa shape index (κ1) is 13.7. The monoisotopic (exact) mass is 213 g/mol. The summed E-state index contributed by atoms with van der Waals surface area (Å²) in [6.07, 6.45) is -3.00. The molecule has 0 rings (SSSR count). The van der Waals surface area contributed by atoms with E-state index in [-0.39, 0.29) is 13.2 Å². The zero-order valence-corrected chi connectivity index (χ0v) is 8.21. The lowest BCUT2D eigenvalue weighted by atomic mass is 10.4. The summed E-state index contributed by atoms with van der Waals surface area (Å²) in [5.74, 6) is 0. The zero-order chi connectivity index (χ0) is 10.8. The number of methoxy groups -OCH3 is 1. The summed E-state index contributed by atoms with van der Waals surface area (Å²) in [5.41, 5.74) is 0. The summed E-state index contributed by atoms with van der Waals surface area (Å²) >= 11 is 0. The average molecular weight is 213 g/mol. The number of aliphatic hydroxyl groups is 1. The number of halogens is 2. The Balaban J connectivity index is 3.05. The van der Waals surface area contributed by atoms with E-state index in [0.717, 1.165) is 0 Å². The van der Waals surface area contributed by atoms with Crippen molar-refractivity contribution in [2.24, 2.45) is 0 Å². The SMILES string of the molecule is COCC(O)CNCCOCC(F)F. The van der Waals surface area contributed by atoms with Crippen LogP contribution in [0.1, 0.15) is 0 Å². The van der Waals surface area contributed by atoms with Gasteiger partial charge in [0.1, 0.15) is 6.61 Å². The second-order valence-electron chi connectivity index (χ2n) is 2.78. The fourth-order valence-corrected chi connectivity index (χ4v) is 0.837. The van der Waals surface area contributed by atoms with Crippen LogP contribution in [0.4, 0.5) is 8.78 Å². The molecule has 0 heterocycles. The number of alkyl halides is 2. The standard InChI is InChI=1S/C8H17F2NO3/c1-13-5-7(12)4-11-2-3-14-6-8(9)10/h7-8,11-12H,2-6H2,1H3. The Kier molecular flexibility index (Phi) is 9.06. The largest absolute Gasteiger partial charge is 0.389 e. The highest BCUT2D eigenvalue weighted by Crippen LogP contribution is 1.91. The Hall–Kier alpha value is -0.300. The van der Waals surface area contributed by atoms with Crippen molar-refractivity contribution in [2.45, 2.75) is 12.5 Å². The van der Waals surface area contributed by atoms with Gasteiger partial charge in [-0.05, 0) is 0 Å². The fraction of sp³-hybridized carbons (Fsp3) is 1.00. The molecule has 0 aromatic heterocycles. The molecule has 1 unspecified atom stereocenters. The molecule has 2 N–H and O–H groups in total. The second kappa shape index (κ2) is 9.26. The van der Waals surface area contributed by atoms with E-state index in [1.54, 1.807) is 0 Å². The van der Waals surface area contributed by atoms with Crippen LogP contribution in [0.2, 0.25) is 0 Å². The smallest absolute Gasteiger partial charge is 0.261 e. The molecule has 0 aliphatic carbocycles. The topological polar surface area (TPSA) is 50.7 Å². The summed E-state index contributed by atoms with van der Waals surface area (Å²) in [6, 6.07) is 0. The average Bonchev–Trinajstić information content (AvgIpc) is 2.11. The number of aliphatic hydroxyl groups excluding tert-OH is 1. The molecule has 0 aliphatic heterocycles. The predicted octanol–water partition coefficient (Wildman–Crippen LogP) is -0.135. The summed E-state index contributed by atoms with van der Waals surface area (Å²) in [5, 5.41) is 12.0. The van der Waals surface area contributed by atoms with Crippen LogP contribution in [-0.2, 0) is 9.47 Å². The number of hydrogen-bond acceptors (Lipinski definition) is 4. The van der Waals surface area contributed by atoms with Crippen LogP contribution in [0.3, 0.4) is 0 Å². The number of hydrogen-bond donors (Lipinski definition) is 2. The van der Waals surface area contributed by atoms with E-state index in [4.69, 9.17) is 9.84 Å². The van der Waals surface area contributed by atoms with Crippen LogP contribution in [0.5, 0.6) is 0 Å². The summed E-state index contributed by atoms with van der Waals surface area (Å²) in [7, 11) is 1.50. The molecule has 6 heteroatoms. The van der Waals surface area contributed by atoms with E-state index < -0.39 is 19.1 Å². The Morgan fingerprint density at radius 3 is 2.64 bits per heavy atom. The van der Waals surface area contributed by atoms with Crippen LogP contribution in [0, 0.1) is 0 Å². The molecule has 1 atom stereocenters. The van der Waals surface area contributed by atoms with Crippen molar-refractivity contribution in [2.75, 3.05) is 40.0 Å². The first-order chi connectivity index (χ1) is 6.66. The van der Waals surface area contributed by atoms with Gasteiger partial charge in [0, 0.05) is 20.2 Å². The van der Waals surface area contributed by atoms with E-state index in [1.807, 2.05) is 0 Å². The molecular formula is C8H17F2NO3. The van der Waals surface area contributed by atoms with Gasteiger partial charge in [-0.3, -0.25) is 0 Å². The molecule has 0 spiro atoms. The number of ether oxygens (including phenoxy) is 2. The molecule has 0 aliphatic rings. The quantitative estimate of drug-likeness (QED) is 0.524. The molecule has 0 bridgehead atoms. The third kappa shape index (κ3) is 9.79. The minimum Gasteiger partial charge on any atom is -0.389 e. The van der Waals surface area contributed by atoms with Gasteiger partial charge in [-0.1, -0.05) is 0 Å². The van der Waals surface area contributed by atoms with Crippen molar-refractivity contribution in [3.63, 3.8) is 0 Å². The lowest BCUT2D eigenvalue weighted by molar-refractivity contribution is 0.0169. The van der Waals surface area contributed by atoms with Crippen molar-refractivity contribution in [1.82, 2.24) is 5.32 Å². The minimum atomic E-state index is -2.42. The Bertz CT molecular complexity index is 127. The van der Waals surface area contributed by atoms with E-state index in [9.17, 15) is 8.78 Å². The van der Waals surface area contributed by atoms with Crippen molar-refractivity contribution < 1.29 is 23.4 Å². The maximum absolute atomic E-state index is 11.6. The van der Waals surface area contributed by atoms with Crippen LogP contribution in [-0.4, -0.2) is 57.7 Å². The first-order valence-electron chi connectivity index (χ1n) is 4.40. The fourth-order valence-electron chi connectivity index (χ4n) is 0.837.